The number of ether oxygens (including phenoxy) is 2. The van der Waals surface area contributed by atoms with E-state index >= 15 is 0 Å². The molecule has 0 aliphatic rings. The molecule has 0 saturated carbocycles. The molecule has 0 fully saturated rings. The maximum Gasteiger partial charge on any atom is 0.142 e. The molecule has 1 unspecified atom stereocenters. The lowest BCUT2D eigenvalue weighted by Crippen LogP contribution is -2.08. The van der Waals surface area contributed by atoms with E-state index in [0.717, 1.165) is 29.6 Å². The number of hydrogen-bond acceptors (Lipinski definition) is 3. The van der Waals surface area contributed by atoms with Gasteiger partial charge in [0.2, 0.25) is 0 Å². The summed E-state index contributed by atoms with van der Waals surface area (Å²) in [6.45, 7) is 4.51. The highest BCUT2D eigenvalue weighted by Crippen LogP contribution is 2.14. The smallest absolute Gasteiger partial charge is 0.142 e. The minimum absolute atomic E-state index is 0.100. The Kier molecular flexibility index (Phi) is 6.15. The van der Waals surface area contributed by atoms with E-state index in [1.165, 1.54) is 0 Å². The summed E-state index contributed by atoms with van der Waals surface area (Å²) in [5.41, 5.74) is 2.15. The van der Waals surface area contributed by atoms with E-state index in [1.54, 1.807) is 13.2 Å². The number of benzene rings is 1. The number of hydrogen-bond donors (Lipinski definition) is 0. The Bertz CT molecular complexity index is 393. The molecule has 98 valence electrons. The van der Waals surface area contributed by atoms with Crippen LogP contribution in [0, 0.1) is 0 Å². The average molecular weight is 248 g/mol. The third-order valence-corrected chi connectivity index (χ3v) is 2.66. The molecule has 0 aromatic heterocycles. The van der Waals surface area contributed by atoms with Crippen molar-refractivity contribution < 1.29 is 14.3 Å². The van der Waals surface area contributed by atoms with Crippen molar-refractivity contribution >= 4 is 6.29 Å². The second-order valence-corrected chi connectivity index (χ2v) is 4.32. The normalized spacial score (nSPS) is 13.2. The fourth-order valence-electron chi connectivity index (χ4n) is 1.66. The van der Waals surface area contributed by atoms with E-state index in [4.69, 9.17) is 9.47 Å². The van der Waals surface area contributed by atoms with Gasteiger partial charge in [-0.05, 0) is 44.0 Å². The number of allylic oxidation sites excluding steroid dienone is 1. The SMILES string of the molecule is COc1ccc(COC(C)C/C(C)=C/C=O)cc1. The predicted octanol–water partition coefficient (Wildman–Crippen LogP) is 3.14. The molecule has 0 saturated heterocycles. The first kappa shape index (κ1) is 14.5. The Morgan fingerprint density at radius 3 is 2.56 bits per heavy atom. The van der Waals surface area contributed by atoms with Crippen LogP contribution < -0.4 is 4.74 Å². The lowest BCUT2D eigenvalue weighted by Gasteiger charge is -2.13. The van der Waals surface area contributed by atoms with Crippen LogP contribution in [0.3, 0.4) is 0 Å². The van der Waals surface area contributed by atoms with Crippen molar-refractivity contribution in [2.24, 2.45) is 0 Å². The monoisotopic (exact) mass is 248 g/mol. The van der Waals surface area contributed by atoms with Gasteiger partial charge in [0.1, 0.15) is 12.0 Å². The summed E-state index contributed by atoms with van der Waals surface area (Å²) in [5, 5.41) is 0. The molecule has 0 amide bonds. The predicted molar refractivity (Wildman–Crippen MR) is 71.7 cm³/mol. The number of carbonyl (C=O) groups excluding carboxylic acids is 1. The highest BCUT2D eigenvalue weighted by Gasteiger charge is 2.04. The summed E-state index contributed by atoms with van der Waals surface area (Å²) < 4.78 is 10.8. The van der Waals surface area contributed by atoms with Crippen LogP contribution in [0.2, 0.25) is 0 Å². The fourth-order valence-corrected chi connectivity index (χ4v) is 1.66. The molecule has 3 heteroatoms. The molecule has 0 spiro atoms. The first-order valence-electron chi connectivity index (χ1n) is 6.01. The van der Waals surface area contributed by atoms with Gasteiger partial charge in [0, 0.05) is 0 Å². The third kappa shape index (κ3) is 5.15. The second-order valence-electron chi connectivity index (χ2n) is 4.32. The lowest BCUT2D eigenvalue weighted by atomic mass is 10.1. The summed E-state index contributed by atoms with van der Waals surface area (Å²) in [7, 11) is 1.65. The van der Waals surface area contributed by atoms with Crippen LogP contribution in [0.5, 0.6) is 5.75 Å². The van der Waals surface area contributed by atoms with Crippen molar-refractivity contribution in [3.05, 3.63) is 41.5 Å². The molecule has 1 aromatic rings. The van der Waals surface area contributed by atoms with Crippen molar-refractivity contribution in [3.63, 3.8) is 0 Å². The molecular weight excluding hydrogens is 228 g/mol. The van der Waals surface area contributed by atoms with E-state index < -0.39 is 0 Å². The topological polar surface area (TPSA) is 35.5 Å². The van der Waals surface area contributed by atoms with Gasteiger partial charge in [0.25, 0.3) is 0 Å². The van der Waals surface area contributed by atoms with Crippen LogP contribution in [-0.4, -0.2) is 19.5 Å². The summed E-state index contributed by atoms with van der Waals surface area (Å²) in [4.78, 5) is 10.3. The Hall–Kier alpha value is -1.61. The van der Waals surface area contributed by atoms with Crippen molar-refractivity contribution in [2.75, 3.05) is 7.11 Å². The molecule has 1 atom stereocenters. The highest BCUT2D eigenvalue weighted by molar-refractivity contribution is 5.65. The molecule has 18 heavy (non-hydrogen) atoms. The van der Waals surface area contributed by atoms with Gasteiger partial charge in [-0.25, -0.2) is 0 Å². The molecule has 1 rings (SSSR count). The Balaban J connectivity index is 2.39. The maximum atomic E-state index is 10.3. The molecule has 0 radical (unpaired) electrons. The number of carbonyl (C=O) groups is 1. The van der Waals surface area contributed by atoms with Gasteiger partial charge in [-0.3, -0.25) is 4.79 Å². The summed E-state index contributed by atoms with van der Waals surface area (Å²) >= 11 is 0. The van der Waals surface area contributed by atoms with Crippen LogP contribution >= 0.6 is 0 Å². The van der Waals surface area contributed by atoms with Gasteiger partial charge in [-0.1, -0.05) is 17.7 Å². The number of aldehydes is 1. The summed E-state index contributed by atoms with van der Waals surface area (Å²) in [6.07, 6.45) is 3.26. The zero-order valence-corrected chi connectivity index (χ0v) is 11.2. The van der Waals surface area contributed by atoms with Gasteiger partial charge >= 0.3 is 0 Å². The van der Waals surface area contributed by atoms with Gasteiger partial charge < -0.3 is 9.47 Å². The minimum atomic E-state index is 0.100. The van der Waals surface area contributed by atoms with E-state index in [2.05, 4.69) is 0 Å². The number of rotatable bonds is 7. The fraction of sp³-hybridized carbons (Fsp3) is 0.400. The van der Waals surface area contributed by atoms with E-state index in [1.807, 2.05) is 38.1 Å². The summed E-state index contributed by atoms with van der Waals surface area (Å²) in [6, 6.07) is 7.81. The molecule has 0 aliphatic carbocycles. The molecule has 1 aromatic carbocycles. The molecular formula is C15H20O3. The van der Waals surface area contributed by atoms with Crippen molar-refractivity contribution in [3.8, 4) is 5.75 Å². The first-order valence-corrected chi connectivity index (χ1v) is 6.01. The van der Waals surface area contributed by atoms with Crippen molar-refractivity contribution in [1.82, 2.24) is 0 Å². The van der Waals surface area contributed by atoms with Crippen LogP contribution in [0.1, 0.15) is 25.8 Å². The molecule has 0 aliphatic heterocycles. The summed E-state index contributed by atoms with van der Waals surface area (Å²) in [5.74, 6) is 0.844. The average Bonchev–Trinajstić information content (AvgIpc) is 2.37. The molecule has 0 N–H and O–H groups in total. The zero-order chi connectivity index (χ0) is 13.4. The van der Waals surface area contributed by atoms with Gasteiger partial charge in [-0.15, -0.1) is 0 Å². The van der Waals surface area contributed by atoms with Crippen LogP contribution in [0.25, 0.3) is 0 Å². The minimum Gasteiger partial charge on any atom is -0.497 e. The maximum absolute atomic E-state index is 10.3. The van der Waals surface area contributed by atoms with Gasteiger partial charge in [0.15, 0.2) is 0 Å². The van der Waals surface area contributed by atoms with E-state index in [0.29, 0.717) is 6.61 Å². The van der Waals surface area contributed by atoms with Crippen molar-refractivity contribution in [2.45, 2.75) is 33.0 Å². The first-order chi connectivity index (χ1) is 8.65. The Labute approximate surface area is 108 Å². The molecule has 0 bridgehead atoms. The van der Waals surface area contributed by atoms with Gasteiger partial charge in [0.05, 0.1) is 19.8 Å². The van der Waals surface area contributed by atoms with Gasteiger partial charge in [-0.2, -0.15) is 0 Å². The van der Waals surface area contributed by atoms with E-state index in [-0.39, 0.29) is 6.10 Å². The quantitative estimate of drug-likeness (QED) is 0.549. The third-order valence-electron chi connectivity index (χ3n) is 2.66. The van der Waals surface area contributed by atoms with Crippen LogP contribution in [0.4, 0.5) is 0 Å². The Morgan fingerprint density at radius 1 is 1.33 bits per heavy atom. The Morgan fingerprint density at radius 2 is 2.00 bits per heavy atom. The standard InChI is InChI=1S/C15H20O3/c1-12(8-9-16)10-13(2)18-11-14-4-6-15(17-3)7-5-14/h4-9,13H,10-11H2,1-3H3/b12-8+. The molecule has 3 nitrogen and oxygen atoms in total. The largest absolute Gasteiger partial charge is 0.497 e. The molecule has 0 heterocycles. The zero-order valence-electron chi connectivity index (χ0n) is 11.2. The highest BCUT2D eigenvalue weighted by atomic mass is 16.5. The van der Waals surface area contributed by atoms with Crippen LogP contribution in [-0.2, 0) is 16.1 Å². The van der Waals surface area contributed by atoms with E-state index in [9.17, 15) is 4.79 Å². The number of methoxy groups -OCH3 is 1. The van der Waals surface area contributed by atoms with Crippen molar-refractivity contribution in [1.29, 1.82) is 0 Å². The lowest BCUT2D eigenvalue weighted by molar-refractivity contribution is -0.104. The second kappa shape index (κ2) is 7.67. The van der Waals surface area contributed by atoms with Crippen LogP contribution in [0.15, 0.2) is 35.9 Å².